The first kappa shape index (κ1) is 43.2. The number of furan rings is 2. The van der Waals surface area contributed by atoms with Gasteiger partial charge in [-0.3, -0.25) is 9.59 Å². The molecule has 6 heterocycles. The van der Waals surface area contributed by atoms with Crippen molar-refractivity contribution in [2.75, 3.05) is 13.1 Å². The first-order valence-electron chi connectivity index (χ1n) is 25.0. The van der Waals surface area contributed by atoms with Gasteiger partial charge in [-0.25, -0.2) is 0 Å². The zero-order chi connectivity index (χ0) is 47.3. The summed E-state index contributed by atoms with van der Waals surface area (Å²) in [6.07, 6.45) is 7.82. The molecular formula is C62H54N4O4. The van der Waals surface area contributed by atoms with E-state index in [0.717, 1.165) is 117 Å². The van der Waals surface area contributed by atoms with Crippen LogP contribution in [0.25, 0.3) is 89.0 Å². The normalized spacial score (nSPS) is 14.0. The molecule has 70 heavy (non-hydrogen) atoms. The number of rotatable bonds is 16. The lowest BCUT2D eigenvalue weighted by Crippen LogP contribution is -2.31. The molecule has 10 aromatic rings. The number of amides is 2. The first-order valence-corrected chi connectivity index (χ1v) is 25.0. The fourth-order valence-electron chi connectivity index (χ4n) is 10.9. The first-order chi connectivity index (χ1) is 34.5. The zero-order valence-electron chi connectivity index (χ0n) is 39.7. The van der Waals surface area contributed by atoms with Crippen molar-refractivity contribution in [3.63, 3.8) is 0 Å². The summed E-state index contributed by atoms with van der Waals surface area (Å²) < 4.78 is 18.3. The standard InChI is InChI=1S/C62H54N4O4/c1-3-5-7-19-37-63-59(55-35-33-53(69-55)41-29-31-51-47(39-41)45-25-15-17-27-49(45)65(51)43-21-11-9-12-22-43)57-58(61(63)67)60(64(62(57)68)38-20-8-6-4-2)56-36-34-54(70-56)42-30-32-52-48(40-42)46-26-16-18-28-50(46)66(52)44-23-13-10-14-24-44/h9-18,21-36,39-40H,3-8,19-20,37-38H2,1-2H3. The highest BCUT2D eigenvalue weighted by atomic mass is 16.3. The van der Waals surface area contributed by atoms with E-state index in [1.54, 1.807) is 9.80 Å². The molecule has 0 bridgehead atoms. The number of carbonyl (C=O) groups excluding carboxylic acids is 2. The lowest BCUT2D eigenvalue weighted by atomic mass is 10.1. The molecule has 2 aliphatic rings. The van der Waals surface area contributed by atoms with Crippen LogP contribution in [0, 0.1) is 0 Å². The molecule has 8 nitrogen and oxygen atoms in total. The lowest BCUT2D eigenvalue weighted by molar-refractivity contribution is -0.124. The summed E-state index contributed by atoms with van der Waals surface area (Å²) >= 11 is 0. The van der Waals surface area contributed by atoms with Gasteiger partial charge in [0, 0.05) is 57.1 Å². The Labute approximate surface area is 407 Å². The molecule has 0 atom stereocenters. The number of para-hydroxylation sites is 4. The summed E-state index contributed by atoms with van der Waals surface area (Å²) in [7, 11) is 0. The van der Waals surface area contributed by atoms with Crippen molar-refractivity contribution in [1.29, 1.82) is 0 Å². The molecule has 4 aromatic heterocycles. The maximum Gasteiger partial charge on any atom is 0.261 e. The average Bonchev–Trinajstić information content (AvgIpc) is 4.27. The summed E-state index contributed by atoms with van der Waals surface area (Å²) in [6.45, 7) is 5.31. The molecule has 2 amide bonds. The summed E-state index contributed by atoms with van der Waals surface area (Å²) in [5.74, 6) is 1.95. The van der Waals surface area contributed by atoms with Crippen LogP contribution in [0.5, 0.6) is 0 Å². The van der Waals surface area contributed by atoms with Crippen LogP contribution in [0.1, 0.15) is 76.7 Å². The van der Waals surface area contributed by atoms with E-state index in [0.29, 0.717) is 58.7 Å². The molecule has 0 N–H and O–H groups in total. The van der Waals surface area contributed by atoms with E-state index in [4.69, 9.17) is 8.83 Å². The Morgan fingerprint density at radius 1 is 0.371 bits per heavy atom. The maximum atomic E-state index is 15.2. The topological polar surface area (TPSA) is 76.8 Å². The fourth-order valence-corrected chi connectivity index (χ4v) is 10.9. The van der Waals surface area contributed by atoms with Gasteiger partial charge in [0.05, 0.1) is 33.2 Å². The van der Waals surface area contributed by atoms with Crippen LogP contribution in [0.3, 0.4) is 0 Å². The summed E-state index contributed by atoms with van der Waals surface area (Å²) in [6, 6.07) is 58.5. The lowest BCUT2D eigenvalue weighted by Gasteiger charge is -2.23. The third kappa shape index (κ3) is 7.20. The van der Waals surface area contributed by atoms with Gasteiger partial charge in [0.15, 0.2) is 11.5 Å². The smallest absolute Gasteiger partial charge is 0.261 e. The third-order valence-corrected chi connectivity index (χ3v) is 14.3. The average molecular weight is 919 g/mol. The van der Waals surface area contributed by atoms with E-state index in [-0.39, 0.29) is 11.8 Å². The van der Waals surface area contributed by atoms with Crippen LogP contribution >= 0.6 is 0 Å². The van der Waals surface area contributed by atoms with Crippen molar-refractivity contribution >= 4 is 66.8 Å². The highest BCUT2D eigenvalue weighted by molar-refractivity contribution is 6.30. The minimum Gasteiger partial charge on any atom is -0.455 e. The third-order valence-electron chi connectivity index (χ3n) is 14.3. The Bertz CT molecular complexity index is 3450. The van der Waals surface area contributed by atoms with Crippen molar-refractivity contribution in [2.24, 2.45) is 0 Å². The SMILES string of the molecule is CCCCCCN1C(=O)C2=C(c3ccc(-c4ccc5c(c4)c4ccccc4n5-c4ccccc4)o3)N(CCCCCC)C(=O)C2=C1c1ccc(-c2ccc3c(c2)c2ccccc2n3-c2ccccc2)o1. The largest absolute Gasteiger partial charge is 0.455 e. The second kappa shape index (κ2) is 18.1. The molecule has 0 radical (unpaired) electrons. The van der Waals surface area contributed by atoms with Crippen LogP contribution < -0.4 is 0 Å². The monoisotopic (exact) mass is 918 g/mol. The predicted molar refractivity (Wildman–Crippen MR) is 283 cm³/mol. The van der Waals surface area contributed by atoms with E-state index < -0.39 is 0 Å². The summed E-state index contributed by atoms with van der Waals surface area (Å²) in [5, 5.41) is 4.52. The van der Waals surface area contributed by atoms with Gasteiger partial charge in [0.1, 0.15) is 22.9 Å². The quantitative estimate of drug-likeness (QED) is 0.0905. The molecule has 12 rings (SSSR count). The Hall–Kier alpha value is -8.10. The maximum absolute atomic E-state index is 15.2. The second-order valence-electron chi connectivity index (χ2n) is 18.6. The van der Waals surface area contributed by atoms with Crippen molar-refractivity contribution in [3.8, 4) is 34.0 Å². The molecule has 346 valence electrons. The minimum absolute atomic E-state index is 0.193. The number of benzene rings is 6. The van der Waals surface area contributed by atoms with E-state index in [9.17, 15) is 0 Å². The van der Waals surface area contributed by atoms with Crippen LogP contribution in [-0.2, 0) is 9.59 Å². The molecule has 0 saturated carbocycles. The summed E-state index contributed by atoms with van der Waals surface area (Å²) in [5.41, 5.74) is 10.3. The molecule has 2 aliphatic heterocycles. The van der Waals surface area contributed by atoms with Gasteiger partial charge in [-0.05, 0) is 110 Å². The predicted octanol–water partition coefficient (Wildman–Crippen LogP) is 15.4. The number of unbranched alkanes of at least 4 members (excludes halogenated alkanes) is 6. The van der Waals surface area contributed by atoms with Crippen molar-refractivity contribution in [3.05, 3.63) is 193 Å². The van der Waals surface area contributed by atoms with Gasteiger partial charge in [-0.15, -0.1) is 0 Å². The van der Waals surface area contributed by atoms with Crippen molar-refractivity contribution in [1.82, 2.24) is 18.9 Å². The minimum atomic E-state index is -0.193. The Kier molecular flexibility index (Phi) is 11.2. The Morgan fingerprint density at radius 2 is 0.757 bits per heavy atom. The van der Waals surface area contributed by atoms with Gasteiger partial charge in [-0.1, -0.05) is 125 Å². The highest BCUT2D eigenvalue weighted by Crippen LogP contribution is 2.49. The number of aromatic nitrogens is 2. The molecular weight excluding hydrogens is 865 g/mol. The molecule has 0 saturated heterocycles. The number of fused-ring (bicyclic) bond motifs is 7. The number of hydrogen-bond donors (Lipinski definition) is 0. The van der Waals surface area contributed by atoms with E-state index in [2.05, 4.69) is 156 Å². The Balaban J connectivity index is 0.965. The Morgan fingerprint density at radius 3 is 1.19 bits per heavy atom. The number of hydrogen-bond acceptors (Lipinski definition) is 4. The highest BCUT2D eigenvalue weighted by Gasteiger charge is 2.50. The van der Waals surface area contributed by atoms with Crippen LogP contribution in [0.15, 0.2) is 190 Å². The summed E-state index contributed by atoms with van der Waals surface area (Å²) in [4.78, 5) is 34.0. The molecule has 6 aromatic carbocycles. The van der Waals surface area contributed by atoms with Crippen LogP contribution in [0.4, 0.5) is 0 Å². The van der Waals surface area contributed by atoms with Gasteiger partial charge in [0.25, 0.3) is 11.8 Å². The number of carbonyl (C=O) groups is 2. The molecule has 8 heteroatoms. The number of nitrogens with zero attached hydrogens (tertiary/aromatic N) is 4. The molecule has 0 fully saturated rings. The fraction of sp³-hybridized carbons (Fsp3) is 0.194. The molecule has 0 aliphatic carbocycles. The molecule has 0 unspecified atom stereocenters. The van der Waals surface area contributed by atoms with E-state index in [1.165, 1.54) is 0 Å². The van der Waals surface area contributed by atoms with Gasteiger partial charge >= 0.3 is 0 Å². The molecule has 0 spiro atoms. The van der Waals surface area contributed by atoms with Crippen molar-refractivity contribution in [2.45, 2.75) is 65.2 Å². The van der Waals surface area contributed by atoms with Crippen molar-refractivity contribution < 1.29 is 18.4 Å². The van der Waals surface area contributed by atoms with E-state index in [1.807, 2.05) is 36.4 Å². The zero-order valence-corrected chi connectivity index (χ0v) is 39.7. The van der Waals surface area contributed by atoms with Gasteiger partial charge < -0.3 is 27.8 Å². The van der Waals surface area contributed by atoms with Crippen LogP contribution in [0.2, 0.25) is 0 Å². The second-order valence-corrected chi connectivity index (χ2v) is 18.6. The van der Waals surface area contributed by atoms with Gasteiger partial charge in [-0.2, -0.15) is 0 Å². The van der Waals surface area contributed by atoms with Gasteiger partial charge in [0.2, 0.25) is 0 Å². The van der Waals surface area contributed by atoms with E-state index >= 15 is 9.59 Å². The van der Waals surface area contributed by atoms with Crippen LogP contribution in [-0.4, -0.2) is 43.8 Å².